The second-order valence-electron chi connectivity index (χ2n) is 4.90. The maximum atomic E-state index is 11.4. The molecule has 1 heterocycles. The fraction of sp³-hybridized carbons (Fsp3) is 0.125. The molecule has 1 aliphatic heterocycles. The minimum atomic E-state index is -0.783. The van der Waals surface area contributed by atoms with Gasteiger partial charge in [0, 0.05) is 5.69 Å². The number of nitrogens with two attached hydrogens (primary N) is 1. The van der Waals surface area contributed by atoms with Crippen molar-refractivity contribution >= 4 is 17.7 Å². The molecule has 21 heavy (non-hydrogen) atoms. The number of carbonyl (C=O) groups excluding carboxylic acids is 2. The summed E-state index contributed by atoms with van der Waals surface area (Å²) in [6.45, 7) is 0.165. The van der Waals surface area contributed by atoms with Gasteiger partial charge in [0.25, 0.3) is 0 Å². The number of hydrogen-bond donors (Lipinski definition) is 2. The minimum Gasteiger partial charge on any atom is -0.445 e. The summed E-state index contributed by atoms with van der Waals surface area (Å²) in [4.78, 5) is 21.9. The summed E-state index contributed by atoms with van der Waals surface area (Å²) in [6.07, 6.45) is -0.358. The predicted molar refractivity (Wildman–Crippen MR) is 78.6 cm³/mol. The van der Waals surface area contributed by atoms with E-state index in [1.165, 1.54) is 0 Å². The Labute approximate surface area is 121 Å². The number of hydrogen-bond acceptors (Lipinski definition) is 3. The van der Waals surface area contributed by atoms with Gasteiger partial charge < -0.3 is 15.8 Å². The summed E-state index contributed by atoms with van der Waals surface area (Å²) < 4.78 is 4.74. The Morgan fingerprint density at radius 2 is 1.86 bits per heavy atom. The Morgan fingerprint density at radius 1 is 1.14 bits per heavy atom. The quantitative estimate of drug-likeness (QED) is 0.907. The number of nitrogens with one attached hydrogen (secondary N) is 1. The molecule has 2 amide bonds. The molecule has 2 aromatic rings. The average molecular weight is 282 g/mol. The van der Waals surface area contributed by atoms with Crippen LogP contribution in [0.1, 0.15) is 11.1 Å². The maximum Gasteiger partial charge on any atom is 0.404 e. The van der Waals surface area contributed by atoms with E-state index in [2.05, 4.69) is 5.32 Å². The first kappa shape index (κ1) is 13.2. The van der Waals surface area contributed by atoms with Crippen molar-refractivity contribution in [1.82, 2.24) is 0 Å². The van der Waals surface area contributed by atoms with Crippen molar-refractivity contribution in [2.24, 2.45) is 5.73 Å². The van der Waals surface area contributed by atoms with Gasteiger partial charge in [0.1, 0.15) is 6.61 Å². The molecule has 2 aromatic carbocycles. The van der Waals surface area contributed by atoms with E-state index in [4.69, 9.17) is 10.5 Å². The number of anilines is 1. The fourth-order valence-corrected chi connectivity index (χ4v) is 2.36. The SMILES string of the molecule is NC(=O)OCc1ccc(-c2ccc3c(c2)CC(=O)N3)cc1. The molecule has 0 unspecified atom stereocenters. The highest BCUT2D eigenvalue weighted by Gasteiger charge is 2.17. The zero-order valence-electron chi connectivity index (χ0n) is 11.3. The Hall–Kier alpha value is -2.82. The van der Waals surface area contributed by atoms with Crippen LogP contribution in [0.2, 0.25) is 0 Å². The van der Waals surface area contributed by atoms with Gasteiger partial charge in [-0.2, -0.15) is 0 Å². The highest BCUT2D eigenvalue weighted by Crippen LogP contribution is 2.29. The van der Waals surface area contributed by atoms with Gasteiger partial charge in [-0.3, -0.25) is 4.79 Å². The topological polar surface area (TPSA) is 81.4 Å². The summed E-state index contributed by atoms with van der Waals surface area (Å²) in [5.41, 5.74) is 9.79. The van der Waals surface area contributed by atoms with E-state index in [1.54, 1.807) is 0 Å². The van der Waals surface area contributed by atoms with Crippen molar-refractivity contribution in [3.05, 3.63) is 53.6 Å². The van der Waals surface area contributed by atoms with Crippen molar-refractivity contribution in [1.29, 1.82) is 0 Å². The molecular formula is C16H14N2O3. The molecular weight excluding hydrogens is 268 g/mol. The number of rotatable bonds is 3. The van der Waals surface area contributed by atoms with Gasteiger partial charge in [-0.05, 0) is 34.4 Å². The van der Waals surface area contributed by atoms with Gasteiger partial charge >= 0.3 is 6.09 Å². The van der Waals surface area contributed by atoms with Crippen LogP contribution in [0, 0.1) is 0 Å². The molecule has 0 radical (unpaired) electrons. The van der Waals surface area contributed by atoms with Crippen LogP contribution in [0.5, 0.6) is 0 Å². The zero-order valence-corrected chi connectivity index (χ0v) is 11.3. The second kappa shape index (κ2) is 5.28. The Balaban J connectivity index is 1.80. The third-order valence-electron chi connectivity index (χ3n) is 3.40. The number of carbonyl (C=O) groups is 2. The third kappa shape index (κ3) is 2.86. The molecule has 1 aliphatic rings. The molecule has 0 saturated heterocycles. The van der Waals surface area contributed by atoms with Gasteiger partial charge in [0.05, 0.1) is 6.42 Å². The highest BCUT2D eigenvalue weighted by molar-refractivity contribution is 5.99. The standard InChI is InChI=1S/C16H14N2O3/c17-16(20)21-9-10-1-3-11(4-2-10)12-5-6-14-13(7-12)8-15(19)18-14/h1-7H,8-9H2,(H2,17,20)(H,18,19). The van der Waals surface area contributed by atoms with Crippen LogP contribution in [0.15, 0.2) is 42.5 Å². The van der Waals surface area contributed by atoms with Gasteiger partial charge in [0.15, 0.2) is 0 Å². The molecule has 0 aromatic heterocycles. The molecule has 3 rings (SSSR count). The minimum absolute atomic E-state index is 0.0288. The van der Waals surface area contributed by atoms with Crippen molar-refractivity contribution in [3.8, 4) is 11.1 Å². The van der Waals surface area contributed by atoms with E-state index in [0.29, 0.717) is 6.42 Å². The monoisotopic (exact) mass is 282 g/mol. The summed E-state index contributed by atoms with van der Waals surface area (Å²) in [7, 11) is 0. The molecule has 0 aliphatic carbocycles. The third-order valence-corrected chi connectivity index (χ3v) is 3.40. The molecule has 106 valence electrons. The molecule has 0 atom stereocenters. The highest BCUT2D eigenvalue weighted by atomic mass is 16.5. The van der Waals surface area contributed by atoms with Crippen LogP contribution >= 0.6 is 0 Å². The average Bonchev–Trinajstić information content (AvgIpc) is 2.84. The largest absolute Gasteiger partial charge is 0.445 e. The molecule has 5 heteroatoms. The first-order chi connectivity index (χ1) is 10.1. The van der Waals surface area contributed by atoms with Gasteiger partial charge in [-0.25, -0.2) is 4.79 Å². The number of fused-ring (bicyclic) bond motifs is 1. The first-order valence-electron chi connectivity index (χ1n) is 6.56. The second-order valence-corrected chi connectivity index (χ2v) is 4.90. The van der Waals surface area contributed by atoms with Gasteiger partial charge in [0.2, 0.25) is 5.91 Å². The lowest BCUT2D eigenvalue weighted by atomic mass is 10.0. The smallest absolute Gasteiger partial charge is 0.404 e. The number of amides is 2. The van der Waals surface area contributed by atoms with Crippen LogP contribution in [0.4, 0.5) is 10.5 Å². The lowest BCUT2D eigenvalue weighted by molar-refractivity contribution is -0.115. The molecule has 0 bridgehead atoms. The van der Waals surface area contributed by atoms with Gasteiger partial charge in [-0.15, -0.1) is 0 Å². The van der Waals surface area contributed by atoms with E-state index in [1.807, 2.05) is 42.5 Å². The van der Waals surface area contributed by atoms with Crippen molar-refractivity contribution in [3.63, 3.8) is 0 Å². The lowest BCUT2D eigenvalue weighted by Crippen LogP contribution is -2.12. The molecule has 0 spiro atoms. The van der Waals surface area contributed by atoms with Crippen LogP contribution in [0.25, 0.3) is 11.1 Å². The molecule has 3 N–H and O–H groups in total. The van der Waals surface area contributed by atoms with E-state index < -0.39 is 6.09 Å². The van der Waals surface area contributed by atoms with Crippen LogP contribution in [-0.2, 0) is 22.6 Å². The molecule has 0 saturated carbocycles. The molecule has 5 nitrogen and oxygen atoms in total. The predicted octanol–water partition coefficient (Wildman–Crippen LogP) is 2.44. The Morgan fingerprint density at radius 3 is 2.57 bits per heavy atom. The maximum absolute atomic E-state index is 11.4. The van der Waals surface area contributed by atoms with Crippen molar-refractivity contribution in [2.45, 2.75) is 13.0 Å². The van der Waals surface area contributed by atoms with E-state index in [0.717, 1.165) is 27.9 Å². The van der Waals surface area contributed by atoms with Crippen LogP contribution in [0.3, 0.4) is 0 Å². The lowest BCUT2D eigenvalue weighted by Gasteiger charge is -2.06. The van der Waals surface area contributed by atoms with Gasteiger partial charge in [-0.1, -0.05) is 30.3 Å². The van der Waals surface area contributed by atoms with Crippen molar-refractivity contribution < 1.29 is 14.3 Å². The zero-order chi connectivity index (χ0) is 14.8. The summed E-state index contributed by atoms with van der Waals surface area (Å²) >= 11 is 0. The summed E-state index contributed by atoms with van der Waals surface area (Å²) in [6, 6.07) is 13.6. The number of benzene rings is 2. The summed E-state index contributed by atoms with van der Waals surface area (Å²) in [5.74, 6) is 0.0288. The van der Waals surface area contributed by atoms with E-state index in [9.17, 15) is 9.59 Å². The van der Waals surface area contributed by atoms with E-state index in [-0.39, 0.29) is 12.5 Å². The normalized spacial score (nSPS) is 12.7. The number of ether oxygens (including phenoxy) is 1. The fourth-order valence-electron chi connectivity index (χ4n) is 2.36. The van der Waals surface area contributed by atoms with Crippen LogP contribution in [-0.4, -0.2) is 12.0 Å². The Kier molecular flexibility index (Phi) is 3.31. The van der Waals surface area contributed by atoms with E-state index >= 15 is 0 Å². The summed E-state index contributed by atoms with van der Waals surface area (Å²) in [5, 5.41) is 2.81. The molecule has 0 fully saturated rings. The Bertz CT molecular complexity index is 708. The van der Waals surface area contributed by atoms with Crippen molar-refractivity contribution in [2.75, 3.05) is 5.32 Å². The first-order valence-corrected chi connectivity index (χ1v) is 6.56. The van der Waals surface area contributed by atoms with Crippen LogP contribution < -0.4 is 11.1 Å². The number of primary amides is 1.